The molecule has 20 heavy (non-hydrogen) atoms. The number of urea groups is 1. The monoisotopic (exact) mass is 276 g/mol. The minimum absolute atomic E-state index is 0.00955. The van der Waals surface area contributed by atoms with Gasteiger partial charge in [0.2, 0.25) is 0 Å². The summed E-state index contributed by atoms with van der Waals surface area (Å²) in [6.45, 7) is 5.60. The standard InChI is InChI=1S/C16H24N2O2/c1-12-5-7-14(8-6-12)13(2)10-17-16(20)18-9-3-4-15(18)11-19/h5-8,13,15,19H,3-4,9-11H2,1-2H3,(H,17,20)/t13?,15-/m1/s1. The number of likely N-dealkylation sites (tertiary alicyclic amines) is 1. The molecule has 0 bridgehead atoms. The average Bonchev–Trinajstić information content (AvgIpc) is 2.93. The lowest BCUT2D eigenvalue weighted by Crippen LogP contribution is -2.45. The number of rotatable bonds is 4. The molecule has 0 radical (unpaired) electrons. The van der Waals surface area contributed by atoms with Crippen LogP contribution in [0.5, 0.6) is 0 Å². The fourth-order valence-corrected chi connectivity index (χ4v) is 2.65. The molecule has 2 amide bonds. The Morgan fingerprint density at radius 2 is 2.15 bits per heavy atom. The van der Waals surface area contributed by atoms with Gasteiger partial charge in [-0.3, -0.25) is 0 Å². The molecule has 2 atom stereocenters. The predicted octanol–water partition coefficient (Wildman–Crippen LogP) is 2.26. The van der Waals surface area contributed by atoms with Crippen LogP contribution in [0.2, 0.25) is 0 Å². The Kier molecular flexibility index (Phi) is 5.01. The number of benzene rings is 1. The Labute approximate surface area is 120 Å². The lowest BCUT2D eigenvalue weighted by atomic mass is 10.0. The van der Waals surface area contributed by atoms with Crippen molar-refractivity contribution >= 4 is 6.03 Å². The molecule has 4 heteroatoms. The van der Waals surface area contributed by atoms with Crippen molar-refractivity contribution in [3.8, 4) is 0 Å². The fourth-order valence-electron chi connectivity index (χ4n) is 2.65. The van der Waals surface area contributed by atoms with E-state index in [4.69, 9.17) is 0 Å². The summed E-state index contributed by atoms with van der Waals surface area (Å²) in [5.74, 6) is 0.287. The van der Waals surface area contributed by atoms with Gasteiger partial charge < -0.3 is 15.3 Å². The molecular formula is C16H24N2O2. The maximum atomic E-state index is 12.1. The van der Waals surface area contributed by atoms with Crippen LogP contribution in [0.4, 0.5) is 4.79 Å². The second-order valence-corrected chi connectivity index (χ2v) is 5.67. The summed E-state index contributed by atoms with van der Waals surface area (Å²) in [7, 11) is 0. The summed E-state index contributed by atoms with van der Waals surface area (Å²) in [5, 5.41) is 12.2. The second kappa shape index (κ2) is 6.75. The van der Waals surface area contributed by atoms with Crippen LogP contribution in [0, 0.1) is 6.92 Å². The van der Waals surface area contributed by atoms with E-state index in [0.717, 1.165) is 19.4 Å². The lowest BCUT2D eigenvalue weighted by molar-refractivity contribution is 0.157. The Bertz CT molecular complexity index is 444. The molecule has 1 aliphatic rings. The molecule has 110 valence electrons. The van der Waals surface area contributed by atoms with Crippen LogP contribution in [-0.2, 0) is 0 Å². The van der Waals surface area contributed by atoms with Crippen molar-refractivity contribution in [1.29, 1.82) is 0 Å². The third kappa shape index (κ3) is 3.51. The molecule has 4 nitrogen and oxygen atoms in total. The van der Waals surface area contributed by atoms with E-state index in [9.17, 15) is 9.90 Å². The molecule has 2 rings (SSSR count). The van der Waals surface area contributed by atoms with Gasteiger partial charge in [-0.2, -0.15) is 0 Å². The highest BCUT2D eigenvalue weighted by Crippen LogP contribution is 2.18. The smallest absolute Gasteiger partial charge is 0.317 e. The lowest BCUT2D eigenvalue weighted by Gasteiger charge is -2.24. The third-order valence-electron chi connectivity index (χ3n) is 4.05. The van der Waals surface area contributed by atoms with E-state index in [-0.39, 0.29) is 24.6 Å². The van der Waals surface area contributed by atoms with Crippen molar-refractivity contribution in [2.45, 2.75) is 38.6 Å². The molecule has 1 fully saturated rings. The van der Waals surface area contributed by atoms with Crippen LogP contribution in [-0.4, -0.2) is 41.8 Å². The molecule has 1 aromatic carbocycles. The number of nitrogens with zero attached hydrogens (tertiary/aromatic N) is 1. The summed E-state index contributed by atoms with van der Waals surface area (Å²) >= 11 is 0. The van der Waals surface area contributed by atoms with E-state index in [1.165, 1.54) is 11.1 Å². The Hall–Kier alpha value is -1.55. The van der Waals surface area contributed by atoms with Crippen LogP contribution in [0.15, 0.2) is 24.3 Å². The zero-order valence-electron chi connectivity index (χ0n) is 12.3. The van der Waals surface area contributed by atoms with E-state index in [1.807, 2.05) is 0 Å². The summed E-state index contributed by atoms with van der Waals surface area (Å²) in [5.41, 5.74) is 2.48. The summed E-state index contributed by atoms with van der Waals surface area (Å²) in [6.07, 6.45) is 1.88. The first-order chi connectivity index (χ1) is 9.61. The van der Waals surface area contributed by atoms with Crippen molar-refractivity contribution in [2.24, 2.45) is 0 Å². The van der Waals surface area contributed by atoms with Crippen LogP contribution < -0.4 is 5.32 Å². The van der Waals surface area contributed by atoms with Crippen molar-refractivity contribution in [3.05, 3.63) is 35.4 Å². The number of carbonyl (C=O) groups is 1. The number of nitrogens with one attached hydrogen (secondary N) is 1. The van der Waals surface area contributed by atoms with Gasteiger partial charge in [0.05, 0.1) is 12.6 Å². The van der Waals surface area contributed by atoms with Gasteiger partial charge in [0, 0.05) is 13.1 Å². The molecule has 0 aliphatic carbocycles. The Morgan fingerprint density at radius 3 is 2.80 bits per heavy atom. The quantitative estimate of drug-likeness (QED) is 0.886. The van der Waals surface area contributed by atoms with Gasteiger partial charge in [-0.1, -0.05) is 36.8 Å². The summed E-state index contributed by atoms with van der Waals surface area (Å²) in [6, 6.07) is 8.34. The minimum atomic E-state index is -0.0551. The molecule has 1 saturated heterocycles. The number of aliphatic hydroxyl groups excluding tert-OH is 1. The predicted molar refractivity (Wildman–Crippen MR) is 79.8 cm³/mol. The number of hydrogen-bond donors (Lipinski definition) is 2. The zero-order chi connectivity index (χ0) is 14.5. The van der Waals surface area contributed by atoms with E-state index in [1.54, 1.807) is 4.90 Å². The number of amides is 2. The maximum Gasteiger partial charge on any atom is 0.317 e. The SMILES string of the molecule is Cc1ccc(C(C)CNC(=O)N2CCC[C@@H]2CO)cc1. The van der Waals surface area contributed by atoms with Gasteiger partial charge in [-0.15, -0.1) is 0 Å². The molecule has 1 heterocycles. The molecule has 1 unspecified atom stereocenters. The Morgan fingerprint density at radius 1 is 1.45 bits per heavy atom. The van der Waals surface area contributed by atoms with Gasteiger partial charge in [0.15, 0.2) is 0 Å². The highest BCUT2D eigenvalue weighted by atomic mass is 16.3. The zero-order valence-corrected chi connectivity index (χ0v) is 12.3. The van der Waals surface area contributed by atoms with E-state index in [0.29, 0.717) is 6.54 Å². The summed E-state index contributed by atoms with van der Waals surface area (Å²) in [4.78, 5) is 13.9. The van der Waals surface area contributed by atoms with Crippen LogP contribution in [0.25, 0.3) is 0 Å². The average molecular weight is 276 g/mol. The molecule has 1 aromatic rings. The second-order valence-electron chi connectivity index (χ2n) is 5.67. The van der Waals surface area contributed by atoms with Crippen molar-refractivity contribution < 1.29 is 9.90 Å². The highest BCUT2D eigenvalue weighted by Gasteiger charge is 2.27. The van der Waals surface area contributed by atoms with Crippen LogP contribution >= 0.6 is 0 Å². The van der Waals surface area contributed by atoms with Gasteiger partial charge in [0.1, 0.15) is 0 Å². The highest BCUT2D eigenvalue weighted by molar-refractivity contribution is 5.74. The fraction of sp³-hybridized carbons (Fsp3) is 0.562. The minimum Gasteiger partial charge on any atom is -0.394 e. The molecular weight excluding hydrogens is 252 g/mol. The molecule has 1 aliphatic heterocycles. The topological polar surface area (TPSA) is 52.6 Å². The molecule has 0 spiro atoms. The third-order valence-corrected chi connectivity index (χ3v) is 4.05. The largest absolute Gasteiger partial charge is 0.394 e. The first-order valence-electron chi connectivity index (χ1n) is 7.33. The van der Waals surface area contributed by atoms with E-state index in [2.05, 4.69) is 43.4 Å². The van der Waals surface area contributed by atoms with Crippen LogP contribution in [0.3, 0.4) is 0 Å². The first kappa shape index (κ1) is 14.9. The first-order valence-corrected chi connectivity index (χ1v) is 7.33. The molecule has 0 saturated carbocycles. The van der Waals surface area contributed by atoms with Crippen molar-refractivity contribution in [1.82, 2.24) is 10.2 Å². The van der Waals surface area contributed by atoms with Gasteiger partial charge in [0.25, 0.3) is 0 Å². The van der Waals surface area contributed by atoms with E-state index >= 15 is 0 Å². The van der Waals surface area contributed by atoms with Crippen molar-refractivity contribution in [2.75, 3.05) is 19.7 Å². The number of aliphatic hydroxyl groups is 1. The van der Waals surface area contributed by atoms with Crippen molar-refractivity contribution in [3.63, 3.8) is 0 Å². The van der Waals surface area contributed by atoms with Gasteiger partial charge in [-0.25, -0.2) is 4.79 Å². The molecule has 0 aromatic heterocycles. The maximum absolute atomic E-state index is 12.1. The number of aryl methyl sites for hydroxylation is 1. The normalized spacial score (nSPS) is 19.9. The molecule has 2 N–H and O–H groups in total. The number of hydrogen-bond acceptors (Lipinski definition) is 2. The summed E-state index contributed by atoms with van der Waals surface area (Å²) < 4.78 is 0. The van der Waals surface area contributed by atoms with E-state index < -0.39 is 0 Å². The van der Waals surface area contributed by atoms with Crippen LogP contribution in [0.1, 0.15) is 36.8 Å². The Balaban J connectivity index is 1.85. The number of carbonyl (C=O) groups excluding carboxylic acids is 1. The van der Waals surface area contributed by atoms with Gasteiger partial charge >= 0.3 is 6.03 Å². The van der Waals surface area contributed by atoms with Gasteiger partial charge in [-0.05, 0) is 31.2 Å².